The van der Waals surface area contributed by atoms with Crippen LogP contribution in [0.1, 0.15) is 5.56 Å². The molecule has 3 rings (SSSR count). The first-order valence-corrected chi connectivity index (χ1v) is 8.15. The molecule has 1 aliphatic rings. The number of amides is 2. The number of carbonyl (C=O) groups is 2. The number of carbonyl (C=O) groups excluding carboxylic acids is 2. The predicted molar refractivity (Wildman–Crippen MR) is 97.4 cm³/mol. The van der Waals surface area contributed by atoms with Crippen molar-refractivity contribution in [3.8, 4) is 5.75 Å². The van der Waals surface area contributed by atoms with Crippen LogP contribution < -0.4 is 15.2 Å². The topological polar surface area (TPSA) is 102 Å². The van der Waals surface area contributed by atoms with Crippen molar-refractivity contribution in [3.05, 3.63) is 68.2 Å². The second-order valence-corrected chi connectivity index (χ2v) is 6.21. The minimum Gasteiger partial charge on any atom is -0.496 e. The van der Waals surface area contributed by atoms with Crippen LogP contribution in [0.2, 0.25) is 0 Å². The number of hydrazine groups is 1. The van der Waals surface area contributed by atoms with Crippen molar-refractivity contribution in [2.45, 2.75) is 0 Å². The molecule has 2 amide bonds. The SMILES string of the molecule is COc1ccc([N+](=O)[O-])cc1/C=C1/C(=O)NN(c2ccc(Br)cc2)C1=O. The lowest BCUT2D eigenvalue weighted by Crippen LogP contribution is -2.35. The van der Waals surface area contributed by atoms with E-state index in [4.69, 9.17) is 4.74 Å². The van der Waals surface area contributed by atoms with Gasteiger partial charge in [0.15, 0.2) is 0 Å². The summed E-state index contributed by atoms with van der Waals surface area (Å²) in [5.74, 6) is -0.858. The normalized spacial score (nSPS) is 15.3. The Bertz CT molecular complexity index is 940. The van der Waals surface area contributed by atoms with E-state index in [-0.39, 0.29) is 16.8 Å². The van der Waals surface area contributed by atoms with Crippen LogP contribution in [0.25, 0.3) is 6.08 Å². The molecular formula is C17H12BrN3O5. The first-order chi connectivity index (χ1) is 12.4. The van der Waals surface area contributed by atoms with E-state index in [9.17, 15) is 19.7 Å². The molecule has 0 radical (unpaired) electrons. The van der Waals surface area contributed by atoms with Crippen LogP contribution in [0, 0.1) is 10.1 Å². The molecule has 0 spiro atoms. The average molecular weight is 418 g/mol. The molecule has 0 aromatic heterocycles. The van der Waals surface area contributed by atoms with Crippen molar-refractivity contribution in [1.29, 1.82) is 0 Å². The van der Waals surface area contributed by atoms with Gasteiger partial charge in [-0.05, 0) is 36.4 Å². The van der Waals surface area contributed by atoms with Gasteiger partial charge in [0.25, 0.3) is 17.5 Å². The fourth-order valence-electron chi connectivity index (χ4n) is 2.43. The highest BCUT2D eigenvalue weighted by Crippen LogP contribution is 2.28. The first kappa shape index (κ1) is 17.6. The van der Waals surface area contributed by atoms with E-state index >= 15 is 0 Å². The molecule has 0 unspecified atom stereocenters. The molecule has 132 valence electrons. The van der Waals surface area contributed by atoms with E-state index in [1.807, 2.05) is 0 Å². The maximum absolute atomic E-state index is 12.6. The van der Waals surface area contributed by atoms with E-state index in [1.54, 1.807) is 24.3 Å². The van der Waals surface area contributed by atoms with Crippen molar-refractivity contribution in [3.63, 3.8) is 0 Å². The van der Waals surface area contributed by atoms with Gasteiger partial charge in [-0.3, -0.25) is 25.1 Å². The van der Waals surface area contributed by atoms with Gasteiger partial charge in [0.1, 0.15) is 11.3 Å². The van der Waals surface area contributed by atoms with Crippen LogP contribution in [0.4, 0.5) is 11.4 Å². The van der Waals surface area contributed by atoms with Gasteiger partial charge >= 0.3 is 0 Å². The van der Waals surface area contributed by atoms with Gasteiger partial charge in [0, 0.05) is 22.2 Å². The Hall–Kier alpha value is -3.20. The van der Waals surface area contributed by atoms with E-state index in [0.29, 0.717) is 11.4 Å². The quantitative estimate of drug-likeness (QED) is 0.356. The van der Waals surface area contributed by atoms with Crippen LogP contribution in [0.15, 0.2) is 52.5 Å². The number of nitrogens with one attached hydrogen (secondary N) is 1. The van der Waals surface area contributed by atoms with Crippen LogP contribution in [-0.4, -0.2) is 23.8 Å². The molecule has 2 aromatic rings. The third-order valence-corrected chi connectivity index (χ3v) is 4.23. The smallest absolute Gasteiger partial charge is 0.282 e. The predicted octanol–water partition coefficient (Wildman–Crippen LogP) is 2.83. The number of rotatable bonds is 4. The van der Waals surface area contributed by atoms with Gasteiger partial charge in [-0.2, -0.15) is 0 Å². The molecule has 0 saturated carbocycles. The largest absolute Gasteiger partial charge is 0.496 e. The number of nitrogens with zero attached hydrogens (tertiary/aromatic N) is 2. The van der Waals surface area contributed by atoms with Gasteiger partial charge in [0.2, 0.25) is 0 Å². The van der Waals surface area contributed by atoms with Crippen LogP contribution in [-0.2, 0) is 9.59 Å². The van der Waals surface area contributed by atoms with E-state index in [1.165, 1.54) is 31.4 Å². The van der Waals surface area contributed by atoms with Crippen LogP contribution in [0.5, 0.6) is 5.75 Å². The number of non-ortho nitro benzene ring substituents is 1. The van der Waals surface area contributed by atoms with E-state index in [0.717, 1.165) is 9.48 Å². The minimum absolute atomic E-state index is 0.147. The monoisotopic (exact) mass is 417 g/mol. The highest BCUT2D eigenvalue weighted by atomic mass is 79.9. The van der Waals surface area contributed by atoms with Gasteiger partial charge in [-0.1, -0.05) is 15.9 Å². The fraction of sp³-hybridized carbons (Fsp3) is 0.0588. The zero-order valence-electron chi connectivity index (χ0n) is 13.4. The number of anilines is 1. The molecule has 9 heteroatoms. The van der Waals surface area contributed by atoms with Crippen molar-refractivity contribution in [2.75, 3.05) is 12.1 Å². The molecule has 2 aromatic carbocycles. The van der Waals surface area contributed by atoms with Crippen molar-refractivity contribution in [1.82, 2.24) is 5.43 Å². The van der Waals surface area contributed by atoms with Gasteiger partial charge in [-0.25, -0.2) is 5.01 Å². The number of hydrogen-bond acceptors (Lipinski definition) is 5. The molecule has 0 aliphatic carbocycles. The molecule has 1 fully saturated rings. The fourth-order valence-corrected chi connectivity index (χ4v) is 2.70. The Morgan fingerprint density at radius 1 is 1.19 bits per heavy atom. The summed E-state index contributed by atoms with van der Waals surface area (Å²) in [6.45, 7) is 0. The Labute approximate surface area is 156 Å². The summed E-state index contributed by atoms with van der Waals surface area (Å²) < 4.78 is 5.99. The molecule has 0 atom stereocenters. The third-order valence-electron chi connectivity index (χ3n) is 3.70. The maximum Gasteiger partial charge on any atom is 0.282 e. The minimum atomic E-state index is -0.605. The van der Waals surface area contributed by atoms with Crippen molar-refractivity contribution in [2.24, 2.45) is 0 Å². The Balaban J connectivity index is 2.00. The van der Waals surface area contributed by atoms with Crippen molar-refractivity contribution < 1.29 is 19.2 Å². The Morgan fingerprint density at radius 2 is 1.88 bits per heavy atom. The molecule has 0 bridgehead atoms. The zero-order chi connectivity index (χ0) is 18.8. The lowest BCUT2D eigenvalue weighted by Gasteiger charge is -2.14. The third kappa shape index (κ3) is 3.29. The number of nitro benzene ring substituents is 1. The number of hydrogen-bond donors (Lipinski definition) is 1. The number of halogens is 1. The summed E-state index contributed by atoms with van der Waals surface area (Å²) in [6.07, 6.45) is 1.28. The zero-order valence-corrected chi connectivity index (χ0v) is 15.0. The van der Waals surface area contributed by atoms with Crippen LogP contribution >= 0.6 is 15.9 Å². The highest BCUT2D eigenvalue weighted by molar-refractivity contribution is 9.10. The molecule has 8 nitrogen and oxygen atoms in total. The second-order valence-electron chi connectivity index (χ2n) is 5.30. The summed E-state index contributed by atoms with van der Waals surface area (Å²) in [7, 11) is 1.40. The molecule has 1 saturated heterocycles. The number of ether oxygens (including phenoxy) is 1. The number of methoxy groups -OCH3 is 1. The summed E-state index contributed by atoms with van der Waals surface area (Å²) >= 11 is 3.30. The molecule has 1 aliphatic heterocycles. The highest BCUT2D eigenvalue weighted by Gasteiger charge is 2.34. The molecular weight excluding hydrogens is 406 g/mol. The van der Waals surface area contributed by atoms with Gasteiger partial charge < -0.3 is 4.74 Å². The average Bonchev–Trinajstić information content (AvgIpc) is 2.90. The first-order valence-electron chi connectivity index (χ1n) is 7.36. The summed E-state index contributed by atoms with van der Waals surface area (Å²) in [5, 5.41) is 12.1. The van der Waals surface area contributed by atoms with Gasteiger partial charge in [-0.15, -0.1) is 0 Å². The molecule has 26 heavy (non-hydrogen) atoms. The lowest BCUT2D eigenvalue weighted by atomic mass is 10.1. The van der Waals surface area contributed by atoms with E-state index < -0.39 is 16.7 Å². The second kappa shape index (κ2) is 6.96. The summed E-state index contributed by atoms with van der Waals surface area (Å²) in [5.41, 5.74) is 2.90. The summed E-state index contributed by atoms with van der Waals surface area (Å²) in [6, 6.07) is 10.7. The Morgan fingerprint density at radius 3 is 2.50 bits per heavy atom. The lowest BCUT2D eigenvalue weighted by molar-refractivity contribution is -0.384. The molecule has 1 N–H and O–H groups in total. The van der Waals surface area contributed by atoms with Crippen LogP contribution in [0.3, 0.4) is 0 Å². The van der Waals surface area contributed by atoms with E-state index in [2.05, 4.69) is 21.4 Å². The summed E-state index contributed by atoms with van der Waals surface area (Å²) in [4.78, 5) is 35.2. The Kier molecular flexibility index (Phi) is 4.72. The molecule has 1 heterocycles. The van der Waals surface area contributed by atoms with Crippen molar-refractivity contribution >= 4 is 45.2 Å². The number of benzene rings is 2. The maximum atomic E-state index is 12.6. The van der Waals surface area contributed by atoms with Gasteiger partial charge in [0.05, 0.1) is 17.7 Å². The number of nitro groups is 1. The standard InChI is InChI=1S/C17H12BrN3O5/c1-26-15-7-6-13(21(24)25)8-10(15)9-14-16(22)19-20(17(14)23)12-4-2-11(18)3-5-12/h2-9H,1H3,(H,19,22)/b14-9-.